The Kier molecular flexibility index (Phi) is 4.08. The summed E-state index contributed by atoms with van der Waals surface area (Å²) in [6.45, 7) is 0. The zero-order chi connectivity index (χ0) is 22.6. The monoisotopic (exact) mass is 433 g/mol. The Labute approximate surface area is 189 Å². The first-order valence-corrected chi connectivity index (χ1v) is 10.7. The van der Waals surface area contributed by atoms with Crippen molar-refractivity contribution < 1.29 is 0 Å². The highest BCUT2D eigenvalue weighted by molar-refractivity contribution is 5.98. The lowest BCUT2D eigenvalue weighted by Crippen LogP contribution is -2.45. The number of hydrogen-bond donors (Lipinski definition) is 0. The molecule has 6 rings (SSSR count). The van der Waals surface area contributed by atoms with Crippen LogP contribution in [-0.4, -0.2) is 33.9 Å². The van der Waals surface area contributed by atoms with Crippen LogP contribution >= 0.6 is 0 Å². The minimum Gasteiger partial charge on any atom is -0.339 e. The normalized spacial score (nSPS) is 19.9. The van der Waals surface area contributed by atoms with Crippen LogP contribution in [0.4, 0.5) is 0 Å². The molecule has 0 unspecified atom stereocenters. The predicted octanol–water partition coefficient (Wildman–Crippen LogP) is 3.69. The lowest BCUT2D eigenvalue weighted by molar-refractivity contribution is 0.109. The summed E-state index contributed by atoms with van der Waals surface area (Å²) in [6.07, 6.45) is 14.7. The Balaban J connectivity index is 1.60. The number of nitrogens with zero attached hydrogens (tertiary/aromatic N) is 9. The molecule has 1 aliphatic rings. The second kappa shape index (κ2) is 7.01. The van der Waals surface area contributed by atoms with E-state index in [4.69, 9.17) is 4.98 Å². The number of pyridine rings is 1. The topological polar surface area (TPSA) is 113 Å². The first-order chi connectivity index (χ1) is 16.1. The SMILES string of the molecule is Cn1cc(-c2cn3nccc3c(-c3cn([C@]4(CC#N)C[C@@H](C#N)C4)c4ccncc34)n2)cn1. The summed E-state index contributed by atoms with van der Waals surface area (Å²) in [5.41, 5.74) is 4.83. The molecule has 0 saturated heterocycles. The first-order valence-electron chi connectivity index (χ1n) is 10.7. The molecule has 33 heavy (non-hydrogen) atoms. The number of fused-ring (bicyclic) bond motifs is 2. The highest BCUT2D eigenvalue weighted by Crippen LogP contribution is 2.49. The molecular weight excluding hydrogens is 414 g/mol. The van der Waals surface area contributed by atoms with Crippen LogP contribution in [0.15, 0.2) is 55.5 Å². The summed E-state index contributed by atoms with van der Waals surface area (Å²) < 4.78 is 5.74. The summed E-state index contributed by atoms with van der Waals surface area (Å²) in [7, 11) is 1.87. The van der Waals surface area contributed by atoms with Crippen LogP contribution in [-0.2, 0) is 12.6 Å². The summed E-state index contributed by atoms with van der Waals surface area (Å²) in [6, 6.07) is 8.60. The largest absolute Gasteiger partial charge is 0.339 e. The van der Waals surface area contributed by atoms with Crippen LogP contribution in [0, 0.1) is 28.6 Å². The van der Waals surface area contributed by atoms with Crippen LogP contribution in [0.2, 0.25) is 0 Å². The number of nitriles is 2. The van der Waals surface area contributed by atoms with Crippen LogP contribution in [0.5, 0.6) is 0 Å². The van der Waals surface area contributed by atoms with Gasteiger partial charge in [0.15, 0.2) is 0 Å². The second-order valence-corrected chi connectivity index (χ2v) is 8.64. The van der Waals surface area contributed by atoms with E-state index in [1.54, 1.807) is 23.3 Å². The average molecular weight is 433 g/mol. The zero-order valence-electron chi connectivity index (χ0n) is 17.9. The van der Waals surface area contributed by atoms with Crippen molar-refractivity contribution in [2.45, 2.75) is 24.8 Å². The van der Waals surface area contributed by atoms with E-state index < -0.39 is 5.54 Å². The van der Waals surface area contributed by atoms with Crippen molar-refractivity contribution in [1.29, 1.82) is 10.5 Å². The van der Waals surface area contributed by atoms with Gasteiger partial charge in [0.05, 0.1) is 71.0 Å². The minimum absolute atomic E-state index is 0.0327. The standard InChI is InChI=1S/C24H19N9/c1-31-13-17(11-29-31)20-15-33-22(3-7-28-33)23(30-20)19-14-32(21-2-6-27-12-18(19)21)24(4-5-25)8-16(9-24)10-26/h2-3,6-7,11-16H,4,8-9H2,1H3/t16-,24-. The smallest absolute Gasteiger partial charge is 0.0989 e. The Bertz CT molecular complexity index is 1600. The van der Waals surface area contributed by atoms with Gasteiger partial charge in [0.2, 0.25) is 0 Å². The predicted molar refractivity (Wildman–Crippen MR) is 120 cm³/mol. The number of aromatic nitrogens is 7. The van der Waals surface area contributed by atoms with Crippen LogP contribution < -0.4 is 0 Å². The van der Waals surface area contributed by atoms with Gasteiger partial charge in [-0.1, -0.05) is 0 Å². The third-order valence-corrected chi connectivity index (χ3v) is 6.61. The van der Waals surface area contributed by atoms with Gasteiger partial charge in [0.25, 0.3) is 0 Å². The van der Waals surface area contributed by atoms with Crippen molar-refractivity contribution in [2.75, 3.05) is 0 Å². The van der Waals surface area contributed by atoms with E-state index >= 15 is 0 Å². The van der Waals surface area contributed by atoms with Crippen molar-refractivity contribution in [3.8, 4) is 34.7 Å². The van der Waals surface area contributed by atoms with Gasteiger partial charge >= 0.3 is 0 Å². The maximum Gasteiger partial charge on any atom is 0.0989 e. The molecule has 1 fully saturated rings. The van der Waals surface area contributed by atoms with E-state index in [9.17, 15) is 10.5 Å². The van der Waals surface area contributed by atoms with Gasteiger partial charge in [0, 0.05) is 48.3 Å². The highest BCUT2D eigenvalue weighted by atomic mass is 15.2. The summed E-state index contributed by atoms with van der Waals surface area (Å²) in [5.74, 6) is -0.0327. The lowest BCUT2D eigenvalue weighted by atomic mass is 9.67. The van der Waals surface area contributed by atoms with E-state index in [2.05, 4.69) is 38.1 Å². The second-order valence-electron chi connectivity index (χ2n) is 8.64. The molecule has 0 aliphatic heterocycles. The maximum atomic E-state index is 9.57. The Hall–Kier alpha value is -4.50. The van der Waals surface area contributed by atoms with Crippen LogP contribution in [0.1, 0.15) is 19.3 Å². The molecular formula is C24H19N9. The van der Waals surface area contributed by atoms with E-state index in [-0.39, 0.29) is 5.92 Å². The molecule has 5 heterocycles. The molecule has 0 atom stereocenters. The molecule has 9 nitrogen and oxygen atoms in total. The van der Waals surface area contributed by atoms with E-state index in [0.29, 0.717) is 19.3 Å². The van der Waals surface area contributed by atoms with E-state index in [1.807, 2.05) is 42.3 Å². The van der Waals surface area contributed by atoms with Crippen LogP contribution in [0.3, 0.4) is 0 Å². The molecule has 0 bridgehead atoms. The highest BCUT2D eigenvalue weighted by Gasteiger charge is 2.46. The van der Waals surface area contributed by atoms with Gasteiger partial charge < -0.3 is 4.57 Å². The third kappa shape index (κ3) is 2.83. The summed E-state index contributed by atoms with van der Waals surface area (Å²) in [4.78, 5) is 9.39. The molecule has 1 saturated carbocycles. The fraction of sp³-hybridized carbons (Fsp3) is 0.250. The lowest BCUT2D eigenvalue weighted by Gasteiger charge is -2.45. The van der Waals surface area contributed by atoms with E-state index in [0.717, 1.165) is 38.9 Å². The van der Waals surface area contributed by atoms with Gasteiger partial charge in [-0.05, 0) is 25.0 Å². The molecule has 5 aromatic rings. The van der Waals surface area contributed by atoms with Gasteiger partial charge in [0.1, 0.15) is 0 Å². The molecule has 9 heteroatoms. The summed E-state index contributed by atoms with van der Waals surface area (Å²) >= 11 is 0. The van der Waals surface area contributed by atoms with Crippen molar-refractivity contribution in [3.05, 3.63) is 55.5 Å². The third-order valence-electron chi connectivity index (χ3n) is 6.61. The van der Waals surface area contributed by atoms with E-state index in [1.165, 1.54) is 0 Å². The van der Waals surface area contributed by atoms with Crippen molar-refractivity contribution in [3.63, 3.8) is 0 Å². The molecule has 0 spiro atoms. The van der Waals surface area contributed by atoms with Crippen molar-refractivity contribution >= 4 is 16.4 Å². The molecule has 0 aromatic carbocycles. The molecule has 5 aromatic heterocycles. The van der Waals surface area contributed by atoms with Crippen molar-refractivity contribution in [2.24, 2.45) is 13.0 Å². The molecule has 0 amide bonds. The Morgan fingerprint density at radius 2 is 1.91 bits per heavy atom. The number of aryl methyl sites for hydroxylation is 1. The molecule has 1 aliphatic carbocycles. The summed E-state index contributed by atoms with van der Waals surface area (Å²) in [5, 5.41) is 28.6. The Morgan fingerprint density at radius 3 is 2.67 bits per heavy atom. The fourth-order valence-corrected chi connectivity index (χ4v) is 4.99. The Morgan fingerprint density at radius 1 is 1.06 bits per heavy atom. The van der Waals surface area contributed by atoms with Gasteiger partial charge in [-0.15, -0.1) is 0 Å². The van der Waals surface area contributed by atoms with Crippen molar-refractivity contribution in [1.82, 2.24) is 33.9 Å². The van der Waals surface area contributed by atoms with Gasteiger partial charge in [-0.3, -0.25) is 9.67 Å². The van der Waals surface area contributed by atoms with Gasteiger partial charge in [-0.25, -0.2) is 9.50 Å². The number of rotatable bonds is 4. The molecule has 0 N–H and O–H groups in total. The van der Waals surface area contributed by atoms with Gasteiger partial charge in [-0.2, -0.15) is 20.7 Å². The quantitative estimate of drug-likeness (QED) is 0.427. The molecule has 160 valence electrons. The minimum atomic E-state index is -0.398. The first kappa shape index (κ1) is 19.2. The fourth-order valence-electron chi connectivity index (χ4n) is 4.99. The van der Waals surface area contributed by atoms with Crippen LogP contribution in [0.25, 0.3) is 38.9 Å². The maximum absolute atomic E-state index is 9.57. The zero-order valence-corrected chi connectivity index (χ0v) is 17.9. The molecule has 0 radical (unpaired) electrons. The number of hydrogen-bond acceptors (Lipinski definition) is 6. The average Bonchev–Trinajstić information content (AvgIpc) is 3.53.